The van der Waals surface area contributed by atoms with Crippen LogP contribution in [0.1, 0.15) is 27.2 Å². The first-order chi connectivity index (χ1) is 7.37. The van der Waals surface area contributed by atoms with Crippen molar-refractivity contribution in [1.29, 1.82) is 0 Å². The number of allylic oxidation sites excluding steroid dienone is 2. The molecule has 0 aromatic carbocycles. The Morgan fingerprint density at radius 2 is 2.25 bits per heavy atom. The minimum atomic E-state index is -0.877. The van der Waals surface area contributed by atoms with Crippen LogP contribution in [0.25, 0.3) is 0 Å². The highest BCUT2D eigenvalue weighted by atomic mass is 79.9. The second-order valence-corrected chi connectivity index (χ2v) is 5.66. The fraction of sp³-hybridized carbons (Fsp3) is 0.667. The van der Waals surface area contributed by atoms with E-state index in [1.165, 1.54) is 0 Å². The van der Waals surface area contributed by atoms with Crippen LogP contribution in [0, 0.1) is 0 Å². The molecular weight excluding hydrogens is 272 g/mol. The van der Waals surface area contributed by atoms with Crippen molar-refractivity contribution in [3.05, 3.63) is 22.7 Å². The first kappa shape index (κ1) is 13.9. The van der Waals surface area contributed by atoms with Crippen LogP contribution in [-0.2, 0) is 9.47 Å². The predicted octanol–water partition coefficient (Wildman–Crippen LogP) is 2.74. The van der Waals surface area contributed by atoms with Crippen LogP contribution in [0.15, 0.2) is 22.7 Å². The third-order valence-corrected chi connectivity index (χ3v) is 2.46. The molecular formula is C12H19BrO3. The van der Waals surface area contributed by atoms with Crippen LogP contribution in [0.5, 0.6) is 0 Å². The number of halogens is 1. The van der Waals surface area contributed by atoms with E-state index in [1.54, 1.807) is 0 Å². The van der Waals surface area contributed by atoms with Crippen molar-refractivity contribution in [2.24, 2.45) is 0 Å². The van der Waals surface area contributed by atoms with E-state index in [9.17, 15) is 5.11 Å². The summed E-state index contributed by atoms with van der Waals surface area (Å²) < 4.78 is 11.9. The van der Waals surface area contributed by atoms with Gasteiger partial charge in [-0.05, 0) is 33.3 Å². The van der Waals surface area contributed by atoms with E-state index in [0.29, 0.717) is 0 Å². The van der Waals surface area contributed by atoms with Crippen molar-refractivity contribution >= 4 is 15.9 Å². The van der Waals surface area contributed by atoms with Crippen molar-refractivity contribution < 1.29 is 14.6 Å². The van der Waals surface area contributed by atoms with Gasteiger partial charge in [0.15, 0.2) is 6.29 Å². The van der Waals surface area contributed by atoms with Gasteiger partial charge in [-0.15, -0.1) is 0 Å². The lowest BCUT2D eigenvalue weighted by Crippen LogP contribution is -2.31. The quantitative estimate of drug-likeness (QED) is 0.809. The third-order valence-electron chi connectivity index (χ3n) is 1.93. The van der Waals surface area contributed by atoms with Crippen molar-refractivity contribution in [2.45, 2.75) is 45.2 Å². The normalized spacial score (nSPS) is 23.1. The molecule has 0 radical (unpaired) electrons. The maximum Gasteiger partial charge on any atom is 0.178 e. The van der Waals surface area contributed by atoms with E-state index < -0.39 is 6.29 Å². The summed E-state index contributed by atoms with van der Waals surface area (Å²) in [6.07, 6.45) is 5.96. The minimum absolute atomic E-state index is 0.0117. The molecule has 0 aromatic heterocycles. The number of aliphatic hydroxyl groups is 1. The zero-order chi connectivity index (χ0) is 12.2. The third kappa shape index (κ3) is 5.80. The molecule has 0 saturated heterocycles. The molecule has 0 spiro atoms. The standard InChI is InChI=1S/C12H19BrO3/c1-12(2,3)16-11(14)8-15-10-6-4-5-9(13)7-10/h4-5,7,10-11,14H,6,8H2,1-3H3. The highest BCUT2D eigenvalue weighted by molar-refractivity contribution is 9.11. The van der Waals surface area contributed by atoms with Gasteiger partial charge < -0.3 is 14.6 Å². The molecule has 0 fully saturated rings. The average Bonchev–Trinajstić information content (AvgIpc) is 2.12. The molecule has 0 aliphatic heterocycles. The topological polar surface area (TPSA) is 38.7 Å². The largest absolute Gasteiger partial charge is 0.369 e. The summed E-state index contributed by atoms with van der Waals surface area (Å²) in [5.74, 6) is 0. The molecule has 16 heavy (non-hydrogen) atoms. The maximum absolute atomic E-state index is 9.58. The first-order valence-electron chi connectivity index (χ1n) is 5.38. The van der Waals surface area contributed by atoms with Crippen molar-refractivity contribution in [3.8, 4) is 0 Å². The summed E-state index contributed by atoms with van der Waals surface area (Å²) in [4.78, 5) is 0. The lowest BCUT2D eigenvalue weighted by molar-refractivity contribution is -0.194. The minimum Gasteiger partial charge on any atom is -0.369 e. The van der Waals surface area contributed by atoms with E-state index >= 15 is 0 Å². The molecule has 1 rings (SSSR count). The molecule has 0 bridgehead atoms. The monoisotopic (exact) mass is 290 g/mol. The summed E-state index contributed by atoms with van der Waals surface area (Å²) in [5, 5.41) is 9.58. The Hall–Kier alpha value is -0.160. The second kappa shape index (κ2) is 5.96. The van der Waals surface area contributed by atoms with Gasteiger partial charge in [0, 0.05) is 4.48 Å². The van der Waals surface area contributed by atoms with Gasteiger partial charge in [0.25, 0.3) is 0 Å². The predicted molar refractivity (Wildman–Crippen MR) is 67.4 cm³/mol. The molecule has 1 N–H and O–H groups in total. The number of hydrogen-bond donors (Lipinski definition) is 1. The fourth-order valence-electron chi connectivity index (χ4n) is 1.38. The van der Waals surface area contributed by atoms with Crippen LogP contribution in [0.3, 0.4) is 0 Å². The van der Waals surface area contributed by atoms with E-state index in [2.05, 4.69) is 15.9 Å². The molecule has 1 aliphatic rings. The van der Waals surface area contributed by atoms with Crippen molar-refractivity contribution in [3.63, 3.8) is 0 Å². The van der Waals surface area contributed by atoms with Crippen molar-refractivity contribution in [1.82, 2.24) is 0 Å². The molecule has 4 heteroatoms. The number of rotatable bonds is 4. The SMILES string of the molecule is CC(C)(C)OC(O)COC1C=C(Br)C=CC1. The number of hydrogen-bond acceptors (Lipinski definition) is 3. The molecule has 0 amide bonds. The highest BCUT2D eigenvalue weighted by Crippen LogP contribution is 2.18. The molecule has 2 atom stereocenters. The Morgan fingerprint density at radius 3 is 2.81 bits per heavy atom. The van der Waals surface area contributed by atoms with E-state index in [1.807, 2.05) is 39.0 Å². The van der Waals surface area contributed by atoms with E-state index in [0.717, 1.165) is 10.9 Å². The van der Waals surface area contributed by atoms with Gasteiger partial charge in [-0.2, -0.15) is 0 Å². The molecule has 0 heterocycles. The maximum atomic E-state index is 9.58. The van der Waals surface area contributed by atoms with Crippen LogP contribution in [0.2, 0.25) is 0 Å². The zero-order valence-corrected chi connectivity index (χ0v) is 11.5. The van der Waals surface area contributed by atoms with E-state index in [-0.39, 0.29) is 18.3 Å². The molecule has 2 unspecified atom stereocenters. The summed E-state index contributed by atoms with van der Waals surface area (Å²) in [6.45, 7) is 5.88. The highest BCUT2D eigenvalue weighted by Gasteiger charge is 2.18. The summed E-state index contributed by atoms with van der Waals surface area (Å²) >= 11 is 3.39. The van der Waals surface area contributed by atoms with Crippen LogP contribution >= 0.6 is 15.9 Å². The van der Waals surface area contributed by atoms with Gasteiger partial charge >= 0.3 is 0 Å². The van der Waals surface area contributed by atoms with Crippen molar-refractivity contribution in [2.75, 3.05) is 6.61 Å². The Morgan fingerprint density at radius 1 is 1.56 bits per heavy atom. The fourth-order valence-corrected chi connectivity index (χ4v) is 1.86. The Kier molecular flexibility index (Phi) is 5.18. The first-order valence-corrected chi connectivity index (χ1v) is 6.17. The molecule has 0 aromatic rings. The Bertz CT molecular complexity index is 278. The Balaban J connectivity index is 2.27. The average molecular weight is 291 g/mol. The summed E-state index contributed by atoms with van der Waals surface area (Å²) in [5.41, 5.74) is -0.355. The van der Waals surface area contributed by atoms with Crippen LogP contribution in [0.4, 0.5) is 0 Å². The lowest BCUT2D eigenvalue weighted by Gasteiger charge is -2.25. The number of ether oxygens (including phenoxy) is 2. The van der Waals surface area contributed by atoms with Crippen LogP contribution in [-0.4, -0.2) is 29.7 Å². The van der Waals surface area contributed by atoms with Gasteiger partial charge in [-0.25, -0.2) is 0 Å². The zero-order valence-electron chi connectivity index (χ0n) is 9.94. The molecule has 3 nitrogen and oxygen atoms in total. The molecule has 92 valence electrons. The van der Waals surface area contributed by atoms with Gasteiger partial charge in [-0.3, -0.25) is 0 Å². The second-order valence-electron chi connectivity index (χ2n) is 4.75. The lowest BCUT2D eigenvalue weighted by atomic mass is 10.1. The smallest absolute Gasteiger partial charge is 0.178 e. The molecule has 0 saturated carbocycles. The van der Waals surface area contributed by atoms with E-state index in [4.69, 9.17) is 9.47 Å². The number of aliphatic hydroxyl groups excluding tert-OH is 1. The Labute approximate surface area is 105 Å². The van der Waals surface area contributed by atoms with Crippen LogP contribution < -0.4 is 0 Å². The van der Waals surface area contributed by atoms with Gasteiger partial charge in [0.1, 0.15) is 0 Å². The summed E-state index contributed by atoms with van der Waals surface area (Å²) in [7, 11) is 0. The van der Waals surface area contributed by atoms with Gasteiger partial charge in [0.05, 0.1) is 18.3 Å². The molecule has 1 aliphatic carbocycles. The van der Waals surface area contributed by atoms with Gasteiger partial charge in [-0.1, -0.05) is 28.1 Å². The van der Waals surface area contributed by atoms with Gasteiger partial charge in [0.2, 0.25) is 0 Å². The summed E-state index contributed by atoms with van der Waals surface area (Å²) in [6, 6.07) is 0.